The molecule has 1 aromatic heterocycles. The molecule has 1 aliphatic heterocycles. The lowest BCUT2D eigenvalue weighted by Gasteiger charge is -2.31. The molecule has 1 aromatic carbocycles. The van der Waals surface area contributed by atoms with Gasteiger partial charge in [-0.05, 0) is 43.6 Å². The minimum Gasteiger partial charge on any atom is -0.463 e. The van der Waals surface area contributed by atoms with Gasteiger partial charge in [-0.15, -0.1) is 0 Å². The standard InChI is InChI=1S/C21H29BrN2O2Si/c1-24-14-15(21(25)26-10-11-27(2,3)4)8-9-17(24)12-16-13-23-19-7-5-6-18(22)20(16)19/h5-8,13,17,23H,9-12,14H2,1-4H3. The highest BCUT2D eigenvalue weighted by atomic mass is 79.9. The first-order valence-corrected chi connectivity index (χ1v) is 14.1. The van der Waals surface area contributed by atoms with Crippen molar-refractivity contribution in [3.63, 3.8) is 0 Å². The maximum atomic E-state index is 12.4. The van der Waals surface area contributed by atoms with Gasteiger partial charge in [0.15, 0.2) is 0 Å². The molecule has 2 heterocycles. The maximum absolute atomic E-state index is 12.4. The zero-order valence-corrected chi connectivity index (χ0v) is 19.2. The predicted molar refractivity (Wildman–Crippen MR) is 118 cm³/mol. The summed E-state index contributed by atoms with van der Waals surface area (Å²) < 4.78 is 6.63. The summed E-state index contributed by atoms with van der Waals surface area (Å²) in [5.74, 6) is -0.145. The minimum atomic E-state index is -1.18. The maximum Gasteiger partial charge on any atom is 0.334 e. The monoisotopic (exact) mass is 448 g/mol. The Hall–Kier alpha value is -1.37. The van der Waals surface area contributed by atoms with E-state index in [0.717, 1.165) is 34.4 Å². The van der Waals surface area contributed by atoms with E-state index in [4.69, 9.17) is 4.74 Å². The fraction of sp³-hybridized carbons (Fsp3) is 0.476. The topological polar surface area (TPSA) is 45.3 Å². The second kappa shape index (κ2) is 8.33. The summed E-state index contributed by atoms with van der Waals surface area (Å²) in [6.45, 7) is 8.08. The van der Waals surface area contributed by atoms with Crippen LogP contribution < -0.4 is 0 Å². The van der Waals surface area contributed by atoms with Gasteiger partial charge in [0.1, 0.15) is 0 Å². The second-order valence-electron chi connectivity index (χ2n) is 8.66. The van der Waals surface area contributed by atoms with Crippen LogP contribution in [0.2, 0.25) is 25.7 Å². The van der Waals surface area contributed by atoms with E-state index in [1.165, 1.54) is 10.9 Å². The molecule has 0 saturated heterocycles. The number of benzene rings is 1. The van der Waals surface area contributed by atoms with Crippen molar-refractivity contribution >= 4 is 40.9 Å². The molecule has 1 N–H and O–H groups in total. The van der Waals surface area contributed by atoms with Crippen LogP contribution >= 0.6 is 15.9 Å². The number of hydrogen-bond donors (Lipinski definition) is 1. The number of fused-ring (bicyclic) bond motifs is 1. The Labute approximate surface area is 171 Å². The number of nitrogens with one attached hydrogen (secondary N) is 1. The van der Waals surface area contributed by atoms with Crippen LogP contribution in [0.3, 0.4) is 0 Å². The molecule has 6 heteroatoms. The lowest BCUT2D eigenvalue weighted by Crippen LogP contribution is -2.39. The van der Waals surface area contributed by atoms with Gasteiger partial charge < -0.3 is 9.72 Å². The third-order valence-corrected chi connectivity index (χ3v) is 7.58. The summed E-state index contributed by atoms with van der Waals surface area (Å²) >= 11 is 3.67. The molecule has 1 aliphatic rings. The third kappa shape index (κ3) is 5.12. The first kappa shape index (κ1) is 20.4. The van der Waals surface area contributed by atoms with Crippen molar-refractivity contribution < 1.29 is 9.53 Å². The molecule has 1 unspecified atom stereocenters. The number of H-pyrrole nitrogens is 1. The molecule has 0 saturated carbocycles. The van der Waals surface area contributed by atoms with Crippen molar-refractivity contribution in [2.45, 2.75) is 44.6 Å². The van der Waals surface area contributed by atoms with Crippen molar-refractivity contribution in [2.75, 3.05) is 20.2 Å². The summed E-state index contributed by atoms with van der Waals surface area (Å²) in [6, 6.07) is 7.62. The molecule has 146 valence electrons. The number of hydrogen-bond acceptors (Lipinski definition) is 3. The molecule has 0 spiro atoms. The Balaban J connectivity index is 1.62. The van der Waals surface area contributed by atoms with Crippen molar-refractivity contribution in [1.29, 1.82) is 0 Å². The van der Waals surface area contributed by atoms with E-state index in [9.17, 15) is 4.79 Å². The van der Waals surface area contributed by atoms with Crippen LogP contribution in [0.1, 0.15) is 12.0 Å². The number of halogens is 1. The summed E-state index contributed by atoms with van der Waals surface area (Å²) in [5, 5.41) is 1.26. The minimum absolute atomic E-state index is 0.145. The molecule has 4 nitrogen and oxygen atoms in total. The van der Waals surface area contributed by atoms with Gasteiger partial charge in [0.05, 0.1) is 6.61 Å². The van der Waals surface area contributed by atoms with Crippen LogP contribution in [-0.4, -0.2) is 50.2 Å². The van der Waals surface area contributed by atoms with Crippen molar-refractivity contribution in [3.05, 3.63) is 46.1 Å². The van der Waals surface area contributed by atoms with Gasteiger partial charge in [-0.1, -0.05) is 47.7 Å². The highest BCUT2D eigenvalue weighted by molar-refractivity contribution is 9.10. The van der Waals surface area contributed by atoms with E-state index < -0.39 is 8.07 Å². The highest BCUT2D eigenvalue weighted by Gasteiger charge is 2.25. The van der Waals surface area contributed by atoms with Crippen molar-refractivity contribution in [1.82, 2.24) is 9.88 Å². The fourth-order valence-corrected chi connectivity index (χ4v) is 4.81. The lowest BCUT2D eigenvalue weighted by molar-refractivity contribution is -0.139. The van der Waals surface area contributed by atoms with Crippen molar-refractivity contribution in [3.8, 4) is 0 Å². The SMILES string of the molecule is CN1CC(C(=O)OCC[Si](C)(C)C)=CCC1Cc1c[nH]c2cccc(Br)c12. The van der Waals surface area contributed by atoms with Crippen LogP contribution in [0.4, 0.5) is 0 Å². The van der Waals surface area contributed by atoms with E-state index in [0.29, 0.717) is 19.2 Å². The zero-order valence-electron chi connectivity index (χ0n) is 16.6. The van der Waals surface area contributed by atoms with E-state index in [1.54, 1.807) is 0 Å². The number of aromatic amines is 1. The first-order chi connectivity index (χ1) is 12.7. The smallest absolute Gasteiger partial charge is 0.334 e. The van der Waals surface area contributed by atoms with Gasteiger partial charge in [0.2, 0.25) is 0 Å². The highest BCUT2D eigenvalue weighted by Crippen LogP contribution is 2.29. The number of aromatic nitrogens is 1. The molecule has 1 atom stereocenters. The van der Waals surface area contributed by atoms with E-state index in [2.05, 4.69) is 76.9 Å². The van der Waals surface area contributed by atoms with Gasteiger partial charge >= 0.3 is 5.97 Å². The summed E-state index contributed by atoms with van der Waals surface area (Å²) in [6.07, 6.45) is 6.00. The number of nitrogens with zero attached hydrogens (tertiary/aromatic N) is 1. The number of carbonyl (C=O) groups is 1. The molecule has 0 radical (unpaired) electrons. The first-order valence-electron chi connectivity index (χ1n) is 9.55. The van der Waals surface area contributed by atoms with Crippen LogP contribution in [0.5, 0.6) is 0 Å². The number of ether oxygens (including phenoxy) is 1. The molecule has 3 rings (SSSR count). The Bertz CT molecular complexity index is 853. The number of esters is 1. The van der Waals surface area contributed by atoms with E-state index in [-0.39, 0.29) is 5.97 Å². The van der Waals surface area contributed by atoms with Gasteiger partial charge in [-0.3, -0.25) is 4.90 Å². The van der Waals surface area contributed by atoms with Gasteiger partial charge in [-0.2, -0.15) is 0 Å². The molecular formula is C21H29BrN2O2Si. The summed E-state index contributed by atoms with van der Waals surface area (Å²) in [7, 11) is 0.918. The zero-order chi connectivity index (χ0) is 19.6. The van der Waals surface area contributed by atoms with Crippen LogP contribution in [-0.2, 0) is 16.0 Å². The molecule has 0 aliphatic carbocycles. The Morgan fingerprint density at radius 1 is 1.37 bits per heavy atom. The second-order valence-corrected chi connectivity index (χ2v) is 15.1. The summed E-state index contributed by atoms with van der Waals surface area (Å²) in [4.78, 5) is 18.0. The average Bonchev–Trinajstić information content (AvgIpc) is 3.00. The molecule has 0 amide bonds. The normalized spacial score (nSPS) is 18.6. The van der Waals surface area contributed by atoms with Gasteiger partial charge in [0.25, 0.3) is 0 Å². The predicted octanol–water partition coefficient (Wildman–Crippen LogP) is 4.98. The quantitative estimate of drug-likeness (QED) is 0.500. The molecule has 27 heavy (non-hydrogen) atoms. The van der Waals surface area contributed by atoms with E-state index >= 15 is 0 Å². The number of rotatable bonds is 6. The van der Waals surface area contributed by atoms with Crippen LogP contribution in [0, 0.1) is 0 Å². The average molecular weight is 449 g/mol. The summed E-state index contributed by atoms with van der Waals surface area (Å²) in [5.41, 5.74) is 3.26. The molecule has 2 aromatic rings. The van der Waals surface area contributed by atoms with Crippen LogP contribution in [0.15, 0.2) is 40.5 Å². The van der Waals surface area contributed by atoms with Crippen molar-refractivity contribution in [2.24, 2.45) is 0 Å². The fourth-order valence-electron chi connectivity index (χ4n) is 3.47. The van der Waals surface area contributed by atoms with E-state index in [1.807, 2.05) is 6.07 Å². The molecule has 0 fully saturated rings. The van der Waals surface area contributed by atoms with Gasteiger partial charge in [0, 0.05) is 47.8 Å². The Kier molecular flexibility index (Phi) is 6.28. The number of likely N-dealkylation sites (N-methyl/N-ethyl adjacent to an activating group) is 1. The van der Waals surface area contributed by atoms with Crippen LogP contribution in [0.25, 0.3) is 10.9 Å². The Morgan fingerprint density at radius 3 is 2.85 bits per heavy atom. The largest absolute Gasteiger partial charge is 0.463 e. The molecular weight excluding hydrogens is 420 g/mol. The number of carbonyl (C=O) groups excluding carboxylic acids is 1. The lowest BCUT2D eigenvalue weighted by atomic mass is 9.96. The van der Waals surface area contributed by atoms with Gasteiger partial charge in [-0.25, -0.2) is 4.79 Å². The molecule has 0 bridgehead atoms. The third-order valence-electron chi connectivity index (χ3n) is 5.22. The Morgan fingerprint density at radius 2 is 2.15 bits per heavy atom.